The lowest BCUT2D eigenvalue weighted by Gasteiger charge is -2.17. The second-order valence-electron chi connectivity index (χ2n) is 7.10. The molecule has 2 heterocycles. The van der Waals surface area contributed by atoms with Gasteiger partial charge in [0.15, 0.2) is 0 Å². The Morgan fingerprint density at radius 3 is 2.28 bits per heavy atom. The Hall–Kier alpha value is -3.67. The summed E-state index contributed by atoms with van der Waals surface area (Å²) in [5.41, 5.74) is 5.25. The molecule has 6 nitrogen and oxygen atoms in total. The maximum absolute atomic E-state index is 12.9. The second kappa shape index (κ2) is 7.75. The molecule has 29 heavy (non-hydrogen) atoms. The summed E-state index contributed by atoms with van der Waals surface area (Å²) in [5.74, 6) is -0.0698. The molecule has 2 aromatic carbocycles. The molecular weight excluding hydrogens is 362 g/mol. The van der Waals surface area contributed by atoms with Gasteiger partial charge in [-0.05, 0) is 25.1 Å². The molecule has 2 aromatic heterocycles. The predicted octanol–water partition coefficient (Wildman–Crippen LogP) is 3.85. The number of aromatic nitrogens is 4. The van der Waals surface area contributed by atoms with E-state index in [1.54, 1.807) is 23.7 Å². The number of rotatable bonds is 5. The van der Waals surface area contributed by atoms with E-state index in [4.69, 9.17) is 5.10 Å². The van der Waals surface area contributed by atoms with Crippen LogP contribution in [0.3, 0.4) is 0 Å². The van der Waals surface area contributed by atoms with Gasteiger partial charge >= 0.3 is 0 Å². The molecule has 0 saturated carbocycles. The molecular formula is C23H23N5O. The van der Waals surface area contributed by atoms with Gasteiger partial charge < -0.3 is 4.90 Å². The Balaban J connectivity index is 1.69. The summed E-state index contributed by atoms with van der Waals surface area (Å²) in [5, 5.41) is 9.10. The van der Waals surface area contributed by atoms with Crippen LogP contribution in [0.25, 0.3) is 16.9 Å². The first-order valence-electron chi connectivity index (χ1n) is 9.48. The Morgan fingerprint density at radius 2 is 1.66 bits per heavy atom. The standard InChI is InChI=1S/C23H23N5O/c1-17-14-21(27(3)24-17)23(29)26(2)15-19-16-28(20-12-8-5-9-13-20)25-22(19)18-10-6-4-7-11-18/h4-14,16H,15H2,1-3H3. The maximum atomic E-state index is 12.9. The minimum absolute atomic E-state index is 0.0698. The van der Waals surface area contributed by atoms with Gasteiger partial charge in [0.25, 0.3) is 5.91 Å². The van der Waals surface area contributed by atoms with Crippen LogP contribution in [-0.2, 0) is 13.6 Å². The zero-order valence-electron chi connectivity index (χ0n) is 16.8. The molecule has 0 aliphatic carbocycles. The fourth-order valence-corrected chi connectivity index (χ4v) is 3.41. The average molecular weight is 385 g/mol. The molecule has 0 unspecified atom stereocenters. The maximum Gasteiger partial charge on any atom is 0.272 e. The van der Waals surface area contributed by atoms with E-state index < -0.39 is 0 Å². The zero-order valence-corrected chi connectivity index (χ0v) is 16.8. The van der Waals surface area contributed by atoms with Gasteiger partial charge in [0.05, 0.1) is 17.1 Å². The van der Waals surface area contributed by atoms with Crippen molar-refractivity contribution in [1.82, 2.24) is 24.5 Å². The summed E-state index contributed by atoms with van der Waals surface area (Å²) >= 11 is 0. The van der Waals surface area contributed by atoms with Gasteiger partial charge in [-0.2, -0.15) is 10.2 Å². The third-order valence-corrected chi connectivity index (χ3v) is 4.83. The normalized spacial score (nSPS) is 10.9. The van der Waals surface area contributed by atoms with Gasteiger partial charge in [0.2, 0.25) is 0 Å². The molecule has 4 aromatic rings. The molecule has 0 fully saturated rings. The van der Waals surface area contributed by atoms with E-state index in [-0.39, 0.29) is 5.91 Å². The van der Waals surface area contributed by atoms with Crippen molar-refractivity contribution in [2.45, 2.75) is 13.5 Å². The molecule has 6 heteroatoms. The van der Waals surface area contributed by atoms with E-state index in [0.717, 1.165) is 28.2 Å². The highest BCUT2D eigenvalue weighted by molar-refractivity contribution is 5.92. The molecule has 0 aliphatic rings. The van der Waals surface area contributed by atoms with E-state index in [0.29, 0.717) is 12.2 Å². The Morgan fingerprint density at radius 1 is 1.00 bits per heavy atom. The average Bonchev–Trinajstić information content (AvgIpc) is 3.31. The second-order valence-corrected chi connectivity index (χ2v) is 7.10. The van der Waals surface area contributed by atoms with Crippen molar-refractivity contribution in [3.63, 3.8) is 0 Å². The smallest absolute Gasteiger partial charge is 0.272 e. The molecule has 0 bridgehead atoms. The molecule has 0 spiro atoms. The quantitative estimate of drug-likeness (QED) is 0.524. The van der Waals surface area contributed by atoms with Crippen molar-refractivity contribution in [2.75, 3.05) is 7.05 Å². The summed E-state index contributed by atoms with van der Waals surface area (Å²) in [6.07, 6.45) is 2.00. The molecule has 1 amide bonds. The SMILES string of the molecule is Cc1cc(C(=O)N(C)Cc2cn(-c3ccccc3)nc2-c2ccccc2)n(C)n1. The van der Waals surface area contributed by atoms with Crippen molar-refractivity contribution in [1.29, 1.82) is 0 Å². The molecule has 0 radical (unpaired) electrons. The Labute approximate surface area is 170 Å². The van der Waals surface area contributed by atoms with Crippen molar-refractivity contribution in [3.8, 4) is 16.9 Å². The molecule has 146 valence electrons. The van der Waals surface area contributed by atoms with Crippen molar-refractivity contribution in [3.05, 3.63) is 89.9 Å². The summed E-state index contributed by atoms with van der Waals surface area (Å²) in [6.45, 7) is 2.33. The highest BCUT2D eigenvalue weighted by atomic mass is 16.2. The lowest BCUT2D eigenvalue weighted by Crippen LogP contribution is -2.28. The summed E-state index contributed by atoms with van der Waals surface area (Å²) in [6, 6.07) is 21.8. The highest BCUT2D eigenvalue weighted by Crippen LogP contribution is 2.25. The van der Waals surface area contributed by atoms with Gasteiger partial charge in [-0.3, -0.25) is 9.48 Å². The third-order valence-electron chi connectivity index (χ3n) is 4.83. The first-order chi connectivity index (χ1) is 14.0. The summed E-state index contributed by atoms with van der Waals surface area (Å²) in [4.78, 5) is 14.6. The van der Waals surface area contributed by atoms with E-state index in [1.165, 1.54) is 0 Å². The van der Waals surface area contributed by atoms with Crippen LogP contribution in [-0.4, -0.2) is 37.4 Å². The third kappa shape index (κ3) is 3.82. The van der Waals surface area contributed by atoms with Gasteiger partial charge in [-0.1, -0.05) is 48.5 Å². The number of carbonyl (C=O) groups is 1. The monoisotopic (exact) mass is 385 g/mol. The fourth-order valence-electron chi connectivity index (χ4n) is 3.41. The van der Waals surface area contributed by atoms with Crippen LogP contribution in [0, 0.1) is 6.92 Å². The van der Waals surface area contributed by atoms with Crippen molar-refractivity contribution < 1.29 is 4.79 Å². The summed E-state index contributed by atoms with van der Waals surface area (Å²) in [7, 11) is 3.59. The number of nitrogens with zero attached hydrogens (tertiary/aromatic N) is 5. The molecule has 0 aliphatic heterocycles. The van der Waals surface area contributed by atoms with Crippen LogP contribution in [0.2, 0.25) is 0 Å². The lowest BCUT2D eigenvalue weighted by molar-refractivity contribution is 0.0774. The van der Waals surface area contributed by atoms with E-state index in [2.05, 4.69) is 5.10 Å². The number of carbonyl (C=O) groups excluding carboxylic acids is 1. The van der Waals surface area contributed by atoms with Crippen molar-refractivity contribution in [2.24, 2.45) is 7.05 Å². The number of hydrogen-bond donors (Lipinski definition) is 0. The van der Waals surface area contributed by atoms with Gasteiger partial charge in [0.1, 0.15) is 5.69 Å². The van der Waals surface area contributed by atoms with E-state index in [9.17, 15) is 4.79 Å². The Kier molecular flexibility index (Phi) is 4.99. The Bertz CT molecular complexity index is 1130. The zero-order chi connectivity index (χ0) is 20.4. The lowest BCUT2D eigenvalue weighted by atomic mass is 10.1. The van der Waals surface area contributed by atoms with Crippen LogP contribution >= 0.6 is 0 Å². The van der Waals surface area contributed by atoms with Gasteiger partial charge in [-0.25, -0.2) is 4.68 Å². The first kappa shape index (κ1) is 18.7. The van der Waals surface area contributed by atoms with Crippen LogP contribution in [0.1, 0.15) is 21.7 Å². The number of aryl methyl sites for hydroxylation is 2. The van der Waals surface area contributed by atoms with Gasteiger partial charge in [0, 0.05) is 38.0 Å². The van der Waals surface area contributed by atoms with E-state index in [1.807, 2.05) is 84.5 Å². The number of hydrogen-bond acceptors (Lipinski definition) is 3. The molecule has 0 atom stereocenters. The van der Waals surface area contributed by atoms with E-state index >= 15 is 0 Å². The first-order valence-corrected chi connectivity index (χ1v) is 9.48. The van der Waals surface area contributed by atoms with Crippen LogP contribution in [0.5, 0.6) is 0 Å². The van der Waals surface area contributed by atoms with Crippen LogP contribution < -0.4 is 0 Å². The number of amides is 1. The molecule has 4 rings (SSSR count). The van der Waals surface area contributed by atoms with Crippen LogP contribution in [0.4, 0.5) is 0 Å². The molecule has 0 saturated heterocycles. The van der Waals surface area contributed by atoms with Crippen molar-refractivity contribution >= 4 is 5.91 Å². The summed E-state index contributed by atoms with van der Waals surface area (Å²) < 4.78 is 3.49. The van der Waals surface area contributed by atoms with Crippen LogP contribution in [0.15, 0.2) is 72.9 Å². The topological polar surface area (TPSA) is 56.0 Å². The minimum Gasteiger partial charge on any atom is -0.336 e. The minimum atomic E-state index is -0.0698. The largest absolute Gasteiger partial charge is 0.336 e. The van der Waals surface area contributed by atoms with Gasteiger partial charge in [-0.15, -0.1) is 0 Å². The number of para-hydroxylation sites is 1. The number of benzene rings is 2. The molecule has 0 N–H and O–H groups in total. The predicted molar refractivity (Wildman–Crippen MR) is 113 cm³/mol. The highest BCUT2D eigenvalue weighted by Gasteiger charge is 2.20. The fraction of sp³-hybridized carbons (Fsp3) is 0.174.